The number of rotatable bonds is 5. The van der Waals surface area contributed by atoms with Crippen molar-refractivity contribution in [3.05, 3.63) is 18.1 Å². The third-order valence-electron chi connectivity index (χ3n) is 3.32. The van der Waals surface area contributed by atoms with E-state index in [2.05, 4.69) is 21.8 Å². The van der Waals surface area contributed by atoms with Crippen LogP contribution in [0.2, 0.25) is 0 Å². The van der Waals surface area contributed by atoms with Crippen LogP contribution >= 0.6 is 0 Å². The van der Waals surface area contributed by atoms with Gasteiger partial charge in [-0.05, 0) is 25.7 Å². The minimum Gasteiger partial charge on any atom is -0.382 e. The molecule has 17 heavy (non-hydrogen) atoms. The fourth-order valence-electron chi connectivity index (χ4n) is 2.10. The smallest absolute Gasteiger partial charge is 0.158 e. The van der Waals surface area contributed by atoms with E-state index in [4.69, 9.17) is 11.1 Å². The van der Waals surface area contributed by atoms with E-state index in [1.807, 2.05) is 0 Å². The summed E-state index contributed by atoms with van der Waals surface area (Å²) in [7, 11) is 0. The Morgan fingerprint density at radius 1 is 1.47 bits per heavy atom. The third kappa shape index (κ3) is 2.54. The van der Waals surface area contributed by atoms with Crippen molar-refractivity contribution in [3.8, 4) is 0 Å². The Kier molecular flexibility index (Phi) is 3.56. The summed E-state index contributed by atoms with van der Waals surface area (Å²) in [6, 6.07) is 0. The van der Waals surface area contributed by atoms with Crippen LogP contribution in [-0.2, 0) is 0 Å². The maximum atomic E-state index is 7.53. The van der Waals surface area contributed by atoms with Gasteiger partial charge in [0.2, 0.25) is 0 Å². The lowest BCUT2D eigenvalue weighted by atomic mass is 9.85. The number of nitrogen functional groups attached to an aromatic ring is 1. The summed E-state index contributed by atoms with van der Waals surface area (Å²) in [6.07, 6.45) is 7.17. The Balaban J connectivity index is 2.19. The second kappa shape index (κ2) is 5.12. The Hall–Kier alpha value is -1.65. The van der Waals surface area contributed by atoms with E-state index in [9.17, 15) is 0 Å². The lowest BCUT2D eigenvalue weighted by Crippen LogP contribution is -2.35. The standard InChI is InChI=1S/C12H19N5/c1-2-17(8-9-4-3-5-9)12-10(11(13)14)15-6-7-16-12/h6-7,9H,2-5,8H2,1H3,(H3,13,14). The number of hydrogen-bond acceptors (Lipinski definition) is 4. The molecule has 1 fully saturated rings. The maximum Gasteiger partial charge on any atom is 0.158 e. The van der Waals surface area contributed by atoms with Gasteiger partial charge in [-0.1, -0.05) is 6.42 Å². The molecule has 1 aliphatic rings. The van der Waals surface area contributed by atoms with E-state index in [-0.39, 0.29) is 5.84 Å². The minimum absolute atomic E-state index is 0.0137. The highest BCUT2D eigenvalue weighted by Crippen LogP contribution is 2.28. The normalized spacial score (nSPS) is 15.4. The van der Waals surface area contributed by atoms with Gasteiger partial charge in [-0.3, -0.25) is 5.41 Å². The largest absolute Gasteiger partial charge is 0.382 e. The van der Waals surface area contributed by atoms with Crippen molar-refractivity contribution in [2.75, 3.05) is 18.0 Å². The molecule has 1 aromatic rings. The highest BCUT2D eigenvalue weighted by atomic mass is 15.2. The average molecular weight is 233 g/mol. The molecule has 0 unspecified atom stereocenters. The van der Waals surface area contributed by atoms with Crippen LogP contribution in [0.3, 0.4) is 0 Å². The quantitative estimate of drug-likeness (QED) is 0.595. The molecule has 5 nitrogen and oxygen atoms in total. The number of nitrogens with one attached hydrogen (secondary N) is 1. The van der Waals surface area contributed by atoms with Gasteiger partial charge in [0.05, 0.1) is 0 Å². The lowest BCUT2D eigenvalue weighted by molar-refractivity contribution is 0.318. The molecule has 2 rings (SSSR count). The van der Waals surface area contributed by atoms with Gasteiger partial charge in [0, 0.05) is 25.5 Å². The van der Waals surface area contributed by atoms with Crippen LogP contribution in [0.5, 0.6) is 0 Å². The summed E-state index contributed by atoms with van der Waals surface area (Å²) in [4.78, 5) is 10.6. The summed E-state index contributed by atoms with van der Waals surface area (Å²) < 4.78 is 0. The van der Waals surface area contributed by atoms with Gasteiger partial charge in [0.25, 0.3) is 0 Å². The molecular weight excluding hydrogens is 214 g/mol. The van der Waals surface area contributed by atoms with Crippen molar-refractivity contribution < 1.29 is 0 Å². The van der Waals surface area contributed by atoms with E-state index in [0.29, 0.717) is 5.69 Å². The number of hydrogen-bond donors (Lipinski definition) is 2. The predicted molar refractivity (Wildman–Crippen MR) is 68.3 cm³/mol. The fraction of sp³-hybridized carbons (Fsp3) is 0.583. The summed E-state index contributed by atoms with van der Waals surface area (Å²) in [5.41, 5.74) is 6.03. The molecule has 0 aliphatic heterocycles. The van der Waals surface area contributed by atoms with Crippen LogP contribution in [0.15, 0.2) is 12.4 Å². The molecular formula is C12H19N5. The van der Waals surface area contributed by atoms with Crippen LogP contribution in [0.4, 0.5) is 5.82 Å². The monoisotopic (exact) mass is 233 g/mol. The topological polar surface area (TPSA) is 78.9 Å². The van der Waals surface area contributed by atoms with Crippen molar-refractivity contribution in [1.82, 2.24) is 9.97 Å². The Morgan fingerprint density at radius 2 is 2.18 bits per heavy atom. The van der Waals surface area contributed by atoms with Gasteiger partial charge in [0.1, 0.15) is 11.5 Å². The molecule has 1 saturated carbocycles. The number of amidine groups is 1. The Morgan fingerprint density at radius 3 is 2.71 bits per heavy atom. The van der Waals surface area contributed by atoms with Gasteiger partial charge in [-0.25, -0.2) is 9.97 Å². The van der Waals surface area contributed by atoms with E-state index < -0.39 is 0 Å². The molecule has 0 radical (unpaired) electrons. The van der Waals surface area contributed by atoms with Crippen molar-refractivity contribution in [2.45, 2.75) is 26.2 Å². The minimum atomic E-state index is -0.0137. The molecule has 1 aromatic heterocycles. The predicted octanol–water partition coefficient (Wildman–Crippen LogP) is 1.39. The zero-order chi connectivity index (χ0) is 12.3. The molecule has 3 N–H and O–H groups in total. The highest BCUT2D eigenvalue weighted by Gasteiger charge is 2.22. The van der Waals surface area contributed by atoms with Crippen molar-refractivity contribution in [1.29, 1.82) is 5.41 Å². The summed E-state index contributed by atoms with van der Waals surface area (Å²) in [5.74, 6) is 1.49. The molecule has 0 bridgehead atoms. The van der Waals surface area contributed by atoms with Gasteiger partial charge >= 0.3 is 0 Å². The van der Waals surface area contributed by atoms with Crippen molar-refractivity contribution >= 4 is 11.7 Å². The summed E-state index contributed by atoms with van der Waals surface area (Å²) in [6.45, 7) is 3.96. The molecule has 5 heteroatoms. The molecule has 1 aliphatic carbocycles. The third-order valence-corrected chi connectivity index (χ3v) is 3.32. The van der Waals surface area contributed by atoms with Gasteiger partial charge < -0.3 is 10.6 Å². The maximum absolute atomic E-state index is 7.53. The first kappa shape index (κ1) is 11.8. The first-order valence-corrected chi connectivity index (χ1v) is 6.12. The van der Waals surface area contributed by atoms with Gasteiger partial charge in [-0.15, -0.1) is 0 Å². The first-order chi connectivity index (χ1) is 8.22. The summed E-state index contributed by atoms with van der Waals surface area (Å²) in [5, 5.41) is 7.53. The van der Waals surface area contributed by atoms with Crippen LogP contribution in [0, 0.1) is 11.3 Å². The summed E-state index contributed by atoms with van der Waals surface area (Å²) >= 11 is 0. The molecule has 0 spiro atoms. The molecule has 0 amide bonds. The van der Waals surface area contributed by atoms with Gasteiger partial charge in [-0.2, -0.15) is 0 Å². The fourth-order valence-corrected chi connectivity index (χ4v) is 2.10. The van der Waals surface area contributed by atoms with Crippen molar-refractivity contribution in [3.63, 3.8) is 0 Å². The van der Waals surface area contributed by atoms with E-state index in [0.717, 1.165) is 24.8 Å². The molecule has 1 heterocycles. The molecule has 0 aromatic carbocycles. The lowest BCUT2D eigenvalue weighted by Gasteiger charge is -2.32. The molecule has 92 valence electrons. The zero-order valence-electron chi connectivity index (χ0n) is 10.2. The first-order valence-electron chi connectivity index (χ1n) is 6.12. The van der Waals surface area contributed by atoms with Gasteiger partial charge in [0.15, 0.2) is 5.82 Å². The molecule has 0 atom stereocenters. The van der Waals surface area contributed by atoms with Crippen LogP contribution in [0.1, 0.15) is 31.9 Å². The second-order valence-corrected chi connectivity index (χ2v) is 4.48. The van der Waals surface area contributed by atoms with Crippen LogP contribution in [-0.4, -0.2) is 28.9 Å². The Bertz CT molecular complexity index is 400. The van der Waals surface area contributed by atoms with E-state index >= 15 is 0 Å². The molecule has 0 saturated heterocycles. The van der Waals surface area contributed by atoms with Crippen LogP contribution < -0.4 is 10.6 Å². The Labute approximate surface area is 102 Å². The number of anilines is 1. The highest BCUT2D eigenvalue weighted by molar-refractivity contribution is 5.97. The van der Waals surface area contributed by atoms with E-state index in [1.165, 1.54) is 19.3 Å². The average Bonchev–Trinajstić information content (AvgIpc) is 2.28. The SMILES string of the molecule is CCN(CC1CCC1)c1nccnc1C(=N)N. The number of nitrogens with two attached hydrogens (primary N) is 1. The number of nitrogens with zero attached hydrogens (tertiary/aromatic N) is 3. The van der Waals surface area contributed by atoms with Crippen LogP contribution in [0.25, 0.3) is 0 Å². The second-order valence-electron chi connectivity index (χ2n) is 4.48. The zero-order valence-corrected chi connectivity index (χ0v) is 10.2. The van der Waals surface area contributed by atoms with Crippen molar-refractivity contribution in [2.24, 2.45) is 11.7 Å². The number of aromatic nitrogens is 2. The van der Waals surface area contributed by atoms with E-state index in [1.54, 1.807) is 12.4 Å².